The Labute approximate surface area is 125 Å². The average Bonchev–Trinajstić information content (AvgIpc) is 3.15. The molecular formula is C13H15BrN2O2S. The van der Waals surface area contributed by atoms with Crippen LogP contribution in [0.1, 0.15) is 30.1 Å². The van der Waals surface area contributed by atoms with Gasteiger partial charge in [0, 0.05) is 15.4 Å². The molecule has 0 bridgehead atoms. The van der Waals surface area contributed by atoms with Crippen LogP contribution in [0.2, 0.25) is 0 Å². The van der Waals surface area contributed by atoms with E-state index < -0.39 is 6.04 Å². The van der Waals surface area contributed by atoms with Crippen molar-refractivity contribution in [3.05, 3.63) is 28.2 Å². The van der Waals surface area contributed by atoms with E-state index in [9.17, 15) is 9.59 Å². The van der Waals surface area contributed by atoms with Crippen LogP contribution in [0.5, 0.6) is 0 Å². The van der Waals surface area contributed by atoms with Gasteiger partial charge in [-0.25, -0.2) is 0 Å². The van der Waals surface area contributed by atoms with Crippen molar-refractivity contribution >= 4 is 40.4 Å². The molecule has 0 aromatic heterocycles. The Kier molecular flexibility index (Phi) is 4.52. The van der Waals surface area contributed by atoms with Crippen molar-refractivity contribution in [2.24, 2.45) is 0 Å². The minimum Gasteiger partial charge on any atom is -0.352 e. The van der Waals surface area contributed by atoms with Gasteiger partial charge in [-0.05, 0) is 53.9 Å². The Morgan fingerprint density at radius 2 is 2.11 bits per heavy atom. The summed E-state index contributed by atoms with van der Waals surface area (Å²) >= 11 is 7.51. The second-order valence-corrected chi connectivity index (χ2v) is 6.01. The molecule has 0 radical (unpaired) electrons. The van der Waals surface area contributed by atoms with E-state index in [-0.39, 0.29) is 11.8 Å². The molecule has 0 saturated heterocycles. The molecule has 6 heteroatoms. The topological polar surface area (TPSA) is 58.2 Å². The van der Waals surface area contributed by atoms with Gasteiger partial charge in [0.2, 0.25) is 5.91 Å². The highest BCUT2D eigenvalue weighted by molar-refractivity contribution is 9.10. The molecular weight excluding hydrogens is 328 g/mol. The van der Waals surface area contributed by atoms with Gasteiger partial charge in [-0.3, -0.25) is 9.59 Å². The third kappa shape index (κ3) is 3.98. The van der Waals surface area contributed by atoms with Crippen LogP contribution in [-0.4, -0.2) is 23.9 Å². The largest absolute Gasteiger partial charge is 0.352 e. The van der Waals surface area contributed by atoms with E-state index in [2.05, 4.69) is 39.2 Å². The minimum absolute atomic E-state index is 0.144. The highest BCUT2D eigenvalue weighted by Gasteiger charge is 2.26. The number of rotatable bonds is 4. The molecule has 4 nitrogen and oxygen atoms in total. The number of thiol groups is 1. The first-order valence-corrected chi connectivity index (χ1v) is 7.31. The van der Waals surface area contributed by atoms with E-state index in [1.165, 1.54) is 0 Å². The number of halogens is 1. The molecule has 19 heavy (non-hydrogen) atoms. The molecule has 2 rings (SSSR count). The van der Waals surface area contributed by atoms with Gasteiger partial charge >= 0.3 is 0 Å². The number of nitrogens with one attached hydrogen (secondary N) is 2. The summed E-state index contributed by atoms with van der Waals surface area (Å²) in [4.78, 5) is 24.5. The number of carbonyl (C=O) groups excluding carboxylic acids is 2. The molecule has 1 aliphatic carbocycles. The van der Waals surface area contributed by atoms with Crippen molar-refractivity contribution < 1.29 is 9.59 Å². The number of hydrogen-bond donors (Lipinski definition) is 3. The monoisotopic (exact) mass is 342 g/mol. The molecule has 1 aromatic rings. The van der Waals surface area contributed by atoms with Crippen LogP contribution < -0.4 is 10.6 Å². The zero-order valence-corrected chi connectivity index (χ0v) is 12.9. The van der Waals surface area contributed by atoms with E-state index >= 15 is 0 Å². The first kappa shape index (κ1) is 14.4. The van der Waals surface area contributed by atoms with Crippen molar-refractivity contribution in [1.29, 1.82) is 0 Å². The van der Waals surface area contributed by atoms with Gasteiger partial charge in [0.25, 0.3) is 5.91 Å². The molecule has 1 aromatic carbocycles. The Morgan fingerprint density at radius 3 is 2.74 bits per heavy atom. The lowest BCUT2D eigenvalue weighted by molar-refractivity contribution is -0.122. The molecule has 0 heterocycles. The molecule has 1 saturated carbocycles. The van der Waals surface area contributed by atoms with Gasteiger partial charge in [0.05, 0.1) is 5.56 Å². The van der Waals surface area contributed by atoms with Crippen molar-refractivity contribution in [2.75, 3.05) is 0 Å². The van der Waals surface area contributed by atoms with Gasteiger partial charge in [-0.2, -0.15) is 0 Å². The SMILES string of the molecule is CC(NC(=O)c1cc(S)ccc1Br)C(=O)NC1CC1. The highest BCUT2D eigenvalue weighted by Crippen LogP contribution is 2.21. The normalized spacial score (nSPS) is 15.7. The maximum Gasteiger partial charge on any atom is 0.253 e. The fourth-order valence-electron chi connectivity index (χ4n) is 1.58. The number of carbonyl (C=O) groups is 2. The summed E-state index contributed by atoms with van der Waals surface area (Å²) in [5.74, 6) is -0.435. The van der Waals surface area contributed by atoms with Crippen LogP contribution in [0, 0.1) is 0 Å². The lowest BCUT2D eigenvalue weighted by Gasteiger charge is -2.14. The van der Waals surface area contributed by atoms with Gasteiger partial charge in [0.15, 0.2) is 0 Å². The Bertz CT molecular complexity index is 517. The number of amides is 2. The zero-order chi connectivity index (χ0) is 14.0. The fourth-order valence-corrected chi connectivity index (χ4v) is 2.21. The second-order valence-electron chi connectivity index (χ2n) is 4.64. The summed E-state index contributed by atoms with van der Waals surface area (Å²) < 4.78 is 0.678. The molecule has 2 N–H and O–H groups in total. The first-order valence-electron chi connectivity index (χ1n) is 6.07. The predicted octanol–water partition coefficient (Wildman–Crippen LogP) is 2.13. The van der Waals surface area contributed by atoms with E-state index in [0.717, 1.165) is 12.8 Å². The number of hydrogen-bond acceptors (Lipinski definition) is 3. The van der Waals surface area contributed by atoms with Crippen molar-refractivity contribution in [3.63, 3.8) is 0 Å². The van der Waals surface area contributed by atoms with E-state index in [0.29, 0.717) is 21.0 Å². The molecule has 1 fully saturated rings. The minimum atomic E-state index is -0.552. The van der Waals surface area contributed by atoms with Gasteiger partial charge < -0.3 is 10.6 Å². The third-order valence-corrected chi connectivity index (χ3v) is 3.83. The standard InChI is InChI=1S/C13H15BrN2O2S/c1-7(12(17)16-8-2-3-8)15-13(18)10-6-9(19)4-5-11(10)14/h4-8,19H,2-3H2,1H3,(H,15,18)(H,16,17). The summed E-state index contributed by atoms with van der Waals surface area (Å²) in [5.41, 5.74) is 0.471. The lowest BCUT2D eigenvalue weighted by atomic mass is 10.2. The molecule has 0 aliphatic heterocycles. The van der Waals surface area contributed by atoms with Crippen molar-refractivity contribution in [3.8, 4) is 0 Å². The highest BCUT2D eigenvalue weighted by atomic mass is 79.9. The maximum atomic E-state index is 12.1. The van der Waals surface area contributed by atoms with E-state index in [4.69, 9.17) is 0 Å². The third-order valence-electron chi connectivity index (χ3n) is 2.86. The Hall–Kier alpha value is -1.01. The number of benzene rings is 1. The van der Waals surface area contributed by atoms with Crippen LogP contribution in [0.15, 0.2) is 27.6 Å². The summed E-state index contributed by atoms with van der Waals surface area (Å²) in [5, 5.41) is 5.54. The smallest absolute Gasteiger partial charge is 0.253 e. The molecule has 0 spiro atoms. The summed E-state index contributed by atoms with van der Waals surface area (Å²) in [6.07, 6.45) is 2.05. The first-order chi connectivity index (χ1) is 8.97. The van der Waals surface area contributed by atoms with Crippen molar-refractivity contribution in [2.45, 2.75) is 36.7 Å². The second kappa shape index (κ2) is 5.96. The van der Waals surface area contributed by atoms with Crippen molar-refractivity contribution in [1.82, 2.24) is 10.6 Å². The van der Waals surface area contributed by atoms with Crippen LogP contribution >= 0.6 is 28.6 Å². The van der Waals surface area contributed by atoms with Gasteiger partial charge in [-0.1, -0.05) is 0 Å². The van der Waals surface area contributed by atoms with E-state index in [1.807, 2.05) is 0 Å². The van der Waals surface area contributed by atoms with Gasteiger partial charge in [-0.15, -0.1) is 12.6 Å². The quantitative estimate of drug-likeness (QED) is 0.734. The molecule has 102 valence electrons. The summed E-state index contributed by atoms with van der Waals surface area (Å²) in [6.45, 7) is 1.67. The Balaban J connectivity index is 1.99. The molecule has 1 aliphatic rings. The van der Waals surface area contributed by atoms with Crippen LogP contribution in [0.4, 0.5) is 0 Å². The van der Waals surface area contributed by atoms with Crippen LogP contribution in [0.3, 0.4) is 0 Å². The zero-order valence-electron chi connectivity index (χ0n) is 10.4. The predicted molar refractivity (Wildman–Crippen MR) is 79.5 cm³/mol. The van der Waals surface area contributed by atoms with Crippen LogP contribution in [0.25, 0.3) is 0 Å². The summed E-state index contributed by atoms with van der Waals surface area (Å²) in [6, 6.07) is 4.94. The van der Waals surface area contributed by atoms with Gasteiger partial charge in [0.1, 0.15) is 6.04 Å². The summed E-state index contributed by atoms with van der Waals surface area (Å²) in [7, 11) is 0. The van der Waals surface area contributed by atoms with Crippen LogP contribution in [-0.2, 0) is 4.79 Å². The Morgan fingerprint density at radius 1 is 1.42 bits per heavy atom. The molecule has 1 atom stereocenters. The molecule has 1 unspecified atom stereocenters. The lowest BCUT2D eigenvalue weighted by Crippen LogP contribution is -2.45. The maximum absolute atomic E-state index is 12.1. The molecule has 2 amide bonds. The van der Waals surface area contributed by atoms with E-state index in [1.54, 1.807) is 25.1 Å². The fraction of sp³-hybridized carbons (Fsp3) is 0.385. The average molecular weight is 343 g/mol.